The lowest BCUT2D eigenvalue weighted by atomic mass is 10.0. The van der Waals surface area contributed by atoms with Crippen LogP contribution in [-0.4, -0.2) is 17.1 Å². The van der Waals surface area contributed by atoms with Crippen molar-refractivity contribution < 1.29 is 4.79 Å². The van der Waals surface area contributed by atoms with E-state index < -0.39 is 6.17 Å². The molecule has 3 aromatic rings. The number of nitrogens with two attached hydrogens (primary N) is 2. The zero-order valence-corrected chi connectivity index (χ0v) is 17.5. The van der Waals surface area contributed by atoms with Crippen molar-refractivity contribution in [1.82, 2.24) is 4.98 Å². The smallest absolute Gasteiger partial charge is 0.247 e. The van der Waals surface area contributed by atoms with Gasteiger partial charge in [-0.3, -0.25) is 4.79 Å². The third kappa shape index (κ3) is 6.55. The fraction of sp³-hybridized carbons (Fsp3) is 0.120. The standard InChI is InChI=1S/C25H27N5O/c1-3-25(31)28-21-11-9-20(10-12-21)22-15-19(14-18-7-5-4-6-8-18)16-24(29-22)30-23(27)13-17(2)26/h3-13,15-16,23H,1,14,26-27H2,2H3,(H,28,31)(H,29,30)/b17-13-. The van der Waals surface area contributed by atoms with Gasteiger partial charge in [-0.05, 0) is 60.9 Å². The highest BCUT2D eigenvalue weighted by Gasteiger charge is 2.09. The molecule has 0 fully saturated rings. The van der Waals surface area contributed by atoms with Crippen LogP contribution in [0, 0.1) is 0 Å². The van der Waals surface area contributed by atoms with E-state index in [2.05, 4.69) is 35.4 Å². The van der Waals surface area contributed by atoms with Crippen molar-refractivity contribution in [3.8, 4) is 11.3 Å². The summed E-state index contributed by atoms with van der Waals surface area (Å²) in [5.41, 5.74) is 17.2. The molecule has 158 valence electrons. The average molecular weight is 414 g/mol. The predicted octanol–water partition coefficient (Wildman–Crippen LogP) is 4.02. The molecule has 0 bridgehead atoms. The molecular formula is C25H27N5O. The minimum Gasteiger partial charge on any atom is -0.402 e. The van der Waals surface area contributed by atoms with Crippen LogP contribution in [0.4, 0.5) is 11.5 Å². The highest BCUT2D eigenvalue weighted by molar-refractivity contribution is 5.98. The summed E-state index contributed by atoms with van der Waals surface area (Å²) in [5.74, 6) is 0.414. The van der Waals surface area contributed by atoms with Crippen molar-refractivity contribution in [3.63, 3.8) is 0 Å². The van der Waals surface area contributed by atoms with E-state index in [9.17, 15) is 4.79 Å². The maximum atomic E-state index is 11.5. The molecule has 31 heavy (non-hydrogen) atoms. The van der Waals surface area contributed by atoms with Gasteiger partial charge < -0.3 is 22.1 Å². The van der Waals surface area contributed by atoms with Gasteiger partial charge in [0.1, 0.15) is 5.82 Å². The number of carbonyl (C=O) groups excluding carboxylic acids is 1. The maximum Gasteiger partial charge on any atom is 0.247 e. The summed E-state index contributed by atoms with van der Waals surface area (Å²) in [6.45, 7) is 5.26. The molecule has 0 spiro atoms. The first-order valence-electron chi connectivity index (χ1n) is 9.97. The van der Waals surface area contributed by atoms with Crippen molar-refractivity contribution >= 4 is 17.4 Å². The quantitative estimate of drug-likeness (QED) is 0.330. The zero-order chi connectivity index (χ0) is 22.2. The van der Waals surface area contributed by atoms with Crippen LogP contribution in [0.2, 0.25) is 0 Å². The van der Waals surface area contributed by atoms with Gasteiger partial charge in [-0.1, -0.05) is 49.0 Å². The van der Waals surface area contributed by atoms with E-state index in [1.807, 2.05) is 48.5 Å². The normalized spacial score (nSPS) is 12.1. The number of allylic oxidation sites excluding steroid dienone is 1. The molecule has 0 aliphatic rings. The Morgan fingerprint density at radius 2 is 1.81 bits per heavy atom. The summed E-state index contributed by atoms with van der Waals surface area (Å²) in [6, 6.07) is 21.8. The highest BCUT2D eigenvalue weighted by atomic mass is 16.1. The first kappa shape index (κ1) is 21.8. The third-order valence-corrected chi connectivity index (χ3v) is 4.53. The maximum absolute atomic E-state index is 11.5. The van der Waals surface area contributed by atoms with Gasteiger partial charge in [-0.25, -0.2) is 4.98 Å². The van der Waals surface area contributed by atoms with Crippen LogP contribution in [-0.2, 0) is 11.2 Å². The molecule has 0 saturated carbocycles. The number of hydrogen-bond donors (Lipinski definition) is 4. The van der Waals surface area contributed by atoms with E-state index in [4.69, 9.17) is 16.5 Å². The molecule has 3 rings (SSSR count). The summed E-state index contributed by atoms with van der Waals surface area (Å²) in [7, 11) is 0. The van der Waals surface area contributed by atoms with E-state index in [1.165, 1.54) is 11.6 Å². The molecule has 1 atom stereocenters. The predicted molar refractivity (Wildman–Crippen MR) is 127 cm³/mol. The summed E-state index contributed by atoms with van der Waals surface area (Å²) in [6.07, 6.45) is 3.29. The van der Waals surface area contributed by atoms with Crippen LogP contribution >= 0.6 is 0 Å². The lowest BCUT2D eigenvalue weighted by Crippen LogP contribution is -2.28. The number of amides is 1. The van der Waals surface area contributed by atoms with Crippen molar-refractivity contribution in [1.29, 1.82) is 0 Å². The van der Waals surface area contributed by atoms with Gasteiger partial charge in [0.25, 0.3) is 0 Å². The number of nitrogens with one attached hydrogen (secondary N) is 2. The number of hydrogen-bond acceptors (Lipinski definition) is 5. The van der Waals surface area contributed by atoms with E-state index >= 15 is 0 Å². The number of carbonyl (C=O) groups is 1. The van der Waals surface area contributed by atoms with Gasteiger partial charge in [-0.15, -0.1) is 0 Å². The van der Waals surface area contributed by atoms with E-state index in [0.29, 0.717) is 17.2 Å². The minimum atomic E-state index is -0.450. The monoisotopic (exact) mass is 413 g/mol. The van der Waals surface area contributed by atoms with Crippen molar-refractivity contribution in [2.45, 2.75) is 19.5 Å². The van der Waals surface area contributed by atoms with Crippen LogP contribution in [0.5, 0.6) is 0 Å². The zero-order valence-electron chi connectivity index (χ0n) is 17.5. The van der Waals surface area contributed by atoms with Crippen LogP contribution < -0.4 is 22.1 Å². The van der Waals surface area contributed by atoms with Crippen LogP contribution in [0.15, 0.2) is 91.2 Å². The summed E-state index contributed by atoms with van der Waals surface area (Å²) >= 11 is 0. The lowest BCUT2D eigenvalue weighted by molar-refractivity contribution is -0.111. The molecule has 1 amide bonds. The van der Waals surface area contributed by atoms with Gasteiger partial charge in [0.05, 0.1) is 11.9 Å². The second-order valence-corrected chi connectivity index (χ2v) is 7.26. The molecule has 1 heterocycles. The van der Waals surface area contributed by atoms with Crippen LogP contribution in [0.3, 0.4) is 0 Å². The molecule has 0 saturated heterocycles. The molecule has 6 N–H and O–H groups in total. The van der Waals surface area contributed by atoms with Gasteiger partial charge in [0.15, 0.2) is 0 Å². The van der Waals surface area contributed by atoms with E-state index in [1.54, 1.807) is 13.0 Å². The molecule has 0 aliphatic heterocycles. The van der Waals surface area contributed by atoms with Gasteiger partial charge in [-0.2, -0.15) is 0 Å². The molecule has 6 nitrogen and oxygen atoms in total. The third-order valence-electron chi connectivity index (χ3n) is 4.53. The lowest BCUT2D eigenvalue weighted by Gasteiger charge is -2.15. The fourth-order valence-electron chi connectivity index (χ4n) is 3.16. The number of nitrogens with zero attached hydrogens (tertiary/aromatic N) is 1. The largest absolute Gasteiger partial charge is 0.402 e. The highest BCUT2D eigenvalue weighted by Crippen LogP contribution is 2.24. The van der Waals surface area contributed by atoms with Gasteiger partial charge in [0, 0.05) is 16.9 Å². The average Bonchev–Trinajstić information content (AvgIpc) is 2.74. The Hall–Kier alpha value is -3.90. The Balaban J connectivity index is 1.92. The number of benzene rings is 2. The number of anilines is 2. The number of aromatic nitrogens is 1. The molecule has 0 aliphatic carbocycles. The minimum absolute atomic E-state index is 0.251. The van der Waals surface area contributed by atoms with Crippen molar-refractivity contribution in [2.75, 3.05) is 10.6 Å². The Kier molecular flexibility index (Phi) is 7.19. The van der Waals surface area contributed by atoms with E-state index in [0.717, 1.165) is 23.2 Å². The van der Waals surface area contributed by atoms with Crippen LogP contribution in [0.25, 0.3) is 11.3 Å². The summed E-state index contributed by atoms with van der Waals surface area (Å²) < 4.78 is 0. The van der Waals surface area contributed by atoms with E-state index in [-0.39, 0.29) is 5.91 Å². The molecule has 1 aromatic heterocycles. The van der Waals surface area contributed by atoms with Crippen molar-refractivity contribution in [3.05, 3.63) is 102 Å². The topological polar surface area (TPSA) is 106 Å². The Labute approximate surface area is 182 Å². The molecule has 1 unspecified atom stereocenters. The Morgan fingerprint density at radius 1 is 1.10 bits per heavy atom. The number of rotatable bonds is 8. The number of pyridine rings is 1. The summed E-state index contributed by atoms with van der Waals surface area (Å²) in [4.78, 5) is 16.2. The summed E-state index contributed by atoms with van der Waals surface area (Å²) in [5, 5.41) is 5.94. The first-order chi connectivity index (χ1) is 14.9. The second kappa shape index (κ2) is 10.2. The van der Waals surface area contributed by atoms with Gasteiger partial charge in [0.2, 0.25) is 5.91 Å². The van der Waals surface area contributed by atoms with Crippen molar-refractivity contribution in [2.24, 2.45) is 11.5 Å². The molecule has 2 aromatic carbocycles. The Bertz CT molecular complexity index is 1070. The first-order valence-corrected chi connectivity index (χ1v) is 9.97. The molecule has 0 radical (unpaired) electrons. The molecule has 6 heteroatoms. The fourth-order valence-corrected chi connectivity index (χ4v) is 3.16. The Morgan fingerprint density at radius 3 is 2.45 bits per heavy atom. The van der Waals surface area contributed by atoms with Crippen LogP contribution in [0.1, 0.15) is 18.1 Å². The second-order valence-electron chi connectivity index (χ2n) is 7.26. The SMILES string of the molecule is C=CC(=O)Nc1ccc(-c2cc(Cc3ccccc3)cc(NC(N)/C=C(/C)N)n2)cc1. The van der Waals surface area contributed by atoms with Gasteiger partial charge >= 0.3 is 0 Å². The molecular weight excluding hydrogens is 386 g/mol.